The summed E-state index contributed by atoms with van der Waals surface area (Å²) in [5.74, 6) is -0.382. The number of nitrogens with one attached hydrogen (secondary N) is 1. The number of carbonyl (C=O) groups excluding carboxylic acids is 2. The summed E-state index contributed by atoms with van der Waals surface area (Å²) in [6.07, 6.45) is 0. The van der Waals surface area contributed by atoms with Crippen LogP contribution in [0.4, 0.5) is 9.18 Å². The third kappa shape index (κ3) is 2.66. The molecule has 3 amide bonds. The van der Waals surface area contributed by atoms with Gasteiger partial charge in [0.2, 0.25) is 11.7 Å². The zero-order chi connectivity index (χ0) is 18.3. The molecule has 1 atom stereocenters. The van der Waals surface area contributed by atoms with Crippen LogP contribution < -0.4 is 5.32 Å². The summed E-state index contributed by atoms with van der Waals surface area (Å²) in [7, 11) is 0. The van der Waals surface area contributed by atoms with Crippen LogP contribution in [0.15, 0.2) is 46.3 Å². The summed E-state index contributed by atoms with van der Waals surface area (Å²) in [4.78, 5) is 31.0. The topological polar surface area (TPSA) is 88.3 Å². The van der Waals surface area contributed by atoms with Gasteiger partial charge in [0.05, 0.1) is 0 Å². The molecule has 132 valence electrons. The molecule has 0 bridgehead atoms. The standard InChI is InChI=1S/C17H13FN4O3S/c1-17(12-3-2-8-26-12)15(23)22(16(24)20-17)9-13-19-14(21-25-13)10-4-6-11(18)7-5-10/h2-8H,9H2,1H3,(H,20,24). The highest BCUT2D eigenvalue weighted by Gasteiger charge is 2.50. The molecular formula is C17H13FN4O3S. The van der Waals surface area contributed by atoms with E-state index in [1.165, 1.54) is 35.6 Å². The van der Waals surface area contributed by atoms with Gasteiger partial charge in [0.1, 0.15) is 12.4 Å². The second kappa shape index (κ2) is 6.03. The first-order valence-electron chi connectivity index (χ1n) is 7.74. The van der Waals surface area contributed by atoms with Crippen molar-refractivity contribution in [2.75, 3.05) is 0 Å². The van der Waals surface area contributed by atoms with E-state index in [9.17, 15) is 14.0 Å². The van der Waals surface area contributed by atoms with E-state index in [2.05, 4.69) is 15.5 Å². The van der Waals surface area contributed by atoms with E-state index >= 15 is 0 Å². The Bertz CT molecular complexity index is 970. The number of urea groups is 1. The van der Waals surface area contributed by atoms with Crippen LogP contribution in [0, 0.1) is 5.82 Å². The van der Waals surface area contributed by atoms with Crippen molar-refractivity contribution in [3.63, 3.8) is 0 Å². The van der Waals surface area contributed by atoms with E-state index in [1.54, 1.807) is 13.0 Å². The SMILES string of the molecule is CC1(c2cccs2)NC(=O)N(Cc2nc(-c3ccc(F)cc3)no2)C1=O. The van der Waals surface area contributed by atoms with E-state index in [-0.39, 0.29) is 30.0 Å². The molecule has 1 aromatic carbocycles. The number of amides is 3. The molecule has 0 saturated carbocycles. The molecule has 7 nitrogen and oxygen atoms in total. The molecule has 26 heavy (non-hydrogen) atoms. The minimum atomic E-state index is -1.11. The monoisotopic (exact) mass is 372 g/mol. The van der Waals surface area contributed by atoms with E-state index in [1.807, 2.05) is 11.4 Å². The third-order valence-corrected chi connectivity index (χ3v) is 5.24. The molecule has 2 aromatic heterocycles. The Balaban J connectivity index is 1.55. The van der Waals surface area contributed by atoms with Crippen LogP contribution in [0.3, 0.4) is 0 Å². The molecule has 1 unspecified atom stereocenters. The highest BCUT2D eigenvalue weighted by molar-refractivity contribution is 7.10. The molecule has 0 radical (unpaired) electrons. The molecular weight excluding hydrogens is 359 g/mol. The van der Waals surface area contributed by atoms with Crippen LogP contribution in [0.5, 0.6) is 0 Å². The Kier molecular flexibility index (Phi) is 3.80. The number of aromatic nitrogens is 2. The van der Waals surface area contributed by atoms with Crippen LogP contribution >= 0.6 is 11.3 Å². The molecule has 1 aliphatic rings. The fraction of sp³-hybridized carbons (Fsp3) is 0.176. The predicted octanol–water partition coefficient (Wildman–Crippen LogP) is 2.90. The minimum absolute atomic E-state index is 0.114. The molecule has 1 fully saturated rings. The van der Waals surface area contributed by atoms with E-state index in [0.717, 1.165) is 9.78 Å². The predicted molar refractivity (Wildman–Crippen MR) is 90.4 cm³/mol. The average Bonchev–Trinajstić information content (AvgIpc) is 3.34. The maximum Gasteiger partial charge on any atom is 0.325 e. The molecule has 0 spiro atoms. The highest BCUT2D eigenvalue weighted by Crippen LogP contribution is 2.32. The van der Waals surface area contributed by atoms with Crippen molar-refractivity contribution in [3.05, 3.63) is 58.4 Å². The van der Waals surface area contributed by atoms with Crippen LogP contribution in [-0.2, 0) is 16.9 Å². The summed E-state index contributed by atoms with van der Waals surface area (Å²) in [5.41, 5.74) is -0.535. The number of hydrogen-bond donors (Lipinski definition) is 1. The lowest BCUT2D eigenvalue weighted by atomic mass is 10.0. The number of carbonyl (C=O) groups is 2. The normalized spacial score (nSPS) is 19.8. The number of imide groups is 1. The number of thiophene rings is 1. The van der Waals surface area contributed by atoms with Crippen molar-refractivity contribution in [2.24, 2.45) is 0 Å². The lowest BCUT2D eigenvalue weighted by molar-refractivity contribution is -0.131. The van der Waals surface area contributed by atoms with E-state index in [4.69, 9.17) is 4.52 Å². The number of halogens is 1. The first-order chi connectivity index (χ1) is 12.5. The first kappa shape index (κ1) is 16.4. The lowest BCUT2D eigenvalue weighted by Crippen LogP contribution is -2.40. The Labute approximate surface area is 151 Å². The van der Waals surface area contributed by atoms with Crippen LogP contribution in [0.2, 0.25) is 0 Å². The van der Waals surface area contributed by atoms with E-state index in [0.29, 0.717) is 5.56 Å². The second-order valence-corrected chi connectivity index (χ2v) is 6.89. The molecule has 1 N–H and O–H groups in total. The number of hydrogen-bond acceptors (Lipinski definition) is 6. The van der Waals surface area contributed by atoms with Gasteiger partial charge in [-0.25, -0.2) is 9.18 Å². The maximum absolute atomic E-state index is 13.0. The van der Waals surface area contributed by atoms with Crippen LogP contribution in [0.25, 0.3) is 11.4 Å². The van der Waals surface area contributed by atoms with Crippen molar-refractivity contribution in [1.82, 2.24) is 20.4 Å². The number of benzene rings is 1. The summed E-state index contributed by atoms with van der Waals surface area (Å²) in [6, 6.07) is 8.71. The van der Waals surface area contributed by atoms with Gasteiger partial charge in [0.15, 0.2) is 5.54 Å². The van der Waals surface area contributed by atoms with Crippen molar-refractivity contribution in [2.45, 2.75) is 19.0 Å². The summed E-state index contributed by atoms with van der Waals surface area (Å²) in [5, 5.41) is 8.38. The largest absolute Gasteiger partial charge is 0.337 e. The Morgan fingerprint density at radius 2 is 2.04 bits per heavy atom. The Hall–Kier alpha value is -3.07. The fourth-order valence-corrected chi connectivity index (χ4v) is 3.58. The zero-order valence-electron chi connectivity index (χ0n) is 13.6. The van der Waals surface area contributed by atoms with Crippen molar-refractivity contribution < 1.29 is 18.5 Å². The van der Waals surface area contributed by atoms with E-state index < -0.39 is 11.6 Å². The Morgan fingerprint density at radius 3 is 2.73 bits per heavy atom. The molecule has 3 aromatic rings. The fourth-order valence-electron chi connectivity index (χ4n) is 2.74. The highest BCUT2D eigenvalue weighted by atomic mass is 32.1. The van der Waals surface area contributed by atoms with Crippen molar-refractivity contribution in [3.8, 4) is 11.4 Å². The van der Waals surface area contributed by atoms with Gasteiger partial charge in [-0.2, -0.15) is 4.98 Å². The molecule has 3 heterocycles. The Morgan fingerprint density at radius 1 is 1.27 bits per heavy atom. The summed E-state index contributed by atoms with van der Waals surface area (Å²) < 4.78 is 18.1. The van der Waals surface area contributed by atoms with Gasteiger partial charge in [-0.05, 0) is 42.6 Å². The molecule has 1 saturated heterocycles. The quantitative estimate of drug-likeness (QED) is 0.712. The molecule has 4 rings (SSSR count). The lowest BCUT2D eigenvalue weighted by Gasteiger charge is -2.19. The zero-order valence-corrected chi connectivity index (χ0v) is 14.4. The first-order valence-corrected chi connectivity index (χ1v) is 8.62. The van der Waals surface area contributed by atoms with Gasteiger partial charge < -0.3 is 9.84 Å². The maximum atomic E-state index is 13.0. The summed E-state index contributed by atoms with van der Waals surface area (Å²) in [6.45, 7) is 1.52. The van der Waals surface area contributed by atoms with Gasteiger partial charge in [0, 0.05) is 10.4 Å². The van der Waals surface area contributed by atoms with Gasteiger partial charge in [-0.3, -0.25) is 9.69 Å². The molecule has 1 aliphatic heterocycles. The number of rotatable bonds is 4. The van der Waals surface area contributed by atoms with Gasteiger partial charge in [-0.15, -0.1) is 11.3 Å². The van der Waals surface area contributed by atoms with Gasteiger partial charge >= 0.3 is 6.03 Å². The minimum Gasteiger partial charge on any atom is -0.337 e. The number of nitrogens with zero attached hydrogens (tertiary/aromatic N) is 3. The summed E-state index contributed by atoms with van der Waals surface area (Å²) >= 11 is 1.39. The van der Waals surface area contributed by atoms with Crippen molar-refractivity contribution >= 4 is 23.3 Å². The third-order valence-electron chi connectivity index (χ3n) is 4.15. The molecule has 9 heteroatoms. The molecule has 0 aliphatic carbocycles. The van der Waals surface area contributed by atoms with Gasteiger partial charge in [0.25, 0.3) is 5.91 Å². The smallest absolute Gasteiger partial charge is 0.325 e. The van der Waals surface area contributed by atoms with Crippen LogP contribution in [-0.4, -0.2) is 27.0 Å². The van der Waals surface area contributed by atoms with Crippen molar-refractivity contribution in [1.29, 1.82) is 0 Å². The van der Waals surface area contributed by atoms with Crippen LogP contribution in [0.1, 0.15) is 17.7 Å². The second-order valence-electron chi connectivity index (χ2n) is 5.94. The van der Waals surface area contributed by atoms with Gasteiger partial charge in [-0.1, -0.05) is 11.2 Å². The average molecular weight is 372 g/mol.